The first kappa shape index (κ1) is 27.4. The van der Waals surface area contributed by atoms with E-state index in [1.54, 1.807) is 11.0 Å². The van der Waals surface area contributed by atoms with Gasteiger partial charge in [-0.1, -0.05) is 69.5 Å². The Balaban J connectivity index is 2.04. The Kier molecular flexibility index (Phi) is 10.1. The summed E-state index contributed by atoms with van der Waals surface area (Å²) in [5.74, 6) is -1.28. The van der Waals surface area contributed by atoms with E-state index in [2.05, 4.69) is 10.2 Å². The predicted octanol–water partition coefficient (Wildman–Crippen LogP) is 3.26. The fourth-order valence-electron chi connectivity index (χ4n) is 3.89. The van der Waals surface area contributed by atoms with E-state index < -0.39 is 19.2 Å². The number of likely N-dealkylation sites (tertiary alicyclic amines) is 1. The first-order chi connectivity index (χ1) is 16.0. The minimum Gasteiger partial charge on any atom is -0.447 e. The van der Waals surface area contributed by atoms with E-state index in [0.717, 1.165) is 30.4 Å². The van der Waals surface area contributed by atoms with Gasteiger partial charge in [0.05, 0.1) is 18.6 Å². The Morgan fingerprint density at radius 3 is 2.53 bits per heavy atom. The number of alkyl carbamates (subject to hydrolysis) is 1. The van der Waals surface area contributed by atoms with Gasteiger partial charge in [-0.25, -0.2) is 9.64 Å². The molecule has 1 aliphatic heterocycles. The van der Waals surface area contributed by atoms with Crippen molar-refractivity contribution in [1.82, 2.24) is 10.2 Å². The average molecular weight is 469 g/mol. The third-order valence-corrected chi connectivity index (χ3v) is 5.69. The van der Waals surface area contributed by atoms with Crippen molar-refractivity contribution >= 4 is 19.1 Å². The summed E-state index contributed by atoms with van der Waals surface area (Å²) in [7, 11) is -1.76. The summed E-state index contributed by atoms with van der Waals surface area (Å²) in [4.78, 5) is 30.7. The number of nitrogens with zero attached hydrogens (tertiary/aromatic N) is 2. The van der Waals surface area contributed by atoms with Gasteiger partial charge in [0.2, 0.25) is 5.70 Å². The highest BCUT2D eigenvalue weighted by Gasteiger charge is 2.31. The lowest BCUT2D eigenvalue weighted by molar-refractivity contribution is -0.130. The van der Waals surface area contributed by atoms with Crippen LogP contribution in [-0.2, 0) is 16.0 Å². The Morgan fingerprint density at radius 1 is 1.26 bits per heavy atom. The molecule has 1 aromatic rings. The molecule has 0 spiro atoms. The van der Waals surface area contributed by atoms with Gasteiger partial charge in [0, 0.05) is 6.54 Å². The van der Waals surface area contributed by atoms with Crippen molar-refractivity contribution in [2.24, 2.45) is 5.41 Å². The number of amides is 2. The topological polar surface area (TPSA) is 103 Å². The van der Waals surface area contributed by atoms with Gasteiger partial charge >= 0.3 is 13.2 Å². The monoisotopic (exact) mass is 469 g/mol. The normalized spacial score (nSPS) is 17.9. The van der Waals surface area contributed by atoms with Gasteiger partial charge in [-0.05, 0) is 37.2 Å². The van der Waals surface area contributed by atoms with Crippen LogP contribution in [0.2, 0.25) is 0 Å². The molecular weight excluding hydrogens is 433 g/mol. The highest BCUT2D eigenvalue weighted by atomic mass is 16.5. The molecule has 1 saturated heterocycles. The van der Waals surface area contributed by atoms with E-state index in [9.17, 15) is 19.6 Å². The van der Waals surface area contributed by atoms with Crippen molar-refractivity contribution in [3.63, 3.8) is 0 Å². The molecule has 0 aliphatic carbocycles. The molecule has 184 valence electrons. The minimum absolute atomic E-state index is 0.0306. The highest BCUT2D eigenvalue weighted by Crippen LogP contribution is 2.23. The minimum atomic E-state index is -1.76. The van der Waals surface area contributed by atoms with E-state index >= 15 is 0 Å². The van der Waals surface area contributed by atoms with Gasteiger partial charge < -0.3 is 25.0 Å². The van der Waals surface area contributed by atoms with E-state index in [0.29, 0.717) is 13.0 Å². The number of allylic oxidation sites excluding steroid dienone is 1. The molecule has 9 heteroatoms. The maximum Gasteiger partial charge on any atom is 0.475 e. The number of carbonyl (C=O) groups excluding carboxylic acids is 2. The molecule has 1 aromatic carbocycles. The van der Waals surface area contributed by atoms with Crippen LogP contribution in [0.5, 0.6) is 0 Å². The van der Waals surface area contributed by atoms with Gasteiger partial charge in [0.15, 0.2) is 0 Å². The SMILES string of the molecule is [C-]#[N+]C(=CC(C)(C)C)C(=O)N1CCCCC[C@H]1COC(=O)N[C@@H](Cc1ccc(C)cc1)B(O)O. The molecule has 0 saturated carbocycles. The first-order valence-corrected chi connectivity index (χ1v) is 11.8. The Morgan fingerprint density at radius 2 is 1.94 bits per heavy atom. The molecule has 0 radical (unpaired) electrons. The molecule has 3 N–H and O–H groups in total. The number of benzene rings is 1. The smallest absolute Gasteiger partial charge is 0.447 e. The fourth-order valence-corrected chi connectivity index (χ4v) is 3.89. The van der Waals surface area contributed by atoms with E-state index in [1.165, 1.54) is 0 Å². The van der Waals surface area contributed by atoms with Gasteiger partial charge in [0.1, 0.15) is 6.61 Å². The number of nitrogens with one attached hydrogen (secondary N) is 1. The van der Waals surface area contributed by atoms with E-state index in [1.807, 2.05) is 52.0 Å². The number of rotatable bonds is 7. The zero-order valence-electron chi connectivity index (χ0n) is 20.6. The Hall–Kier alpha value is -2.83. The van der Waals surface area contributed by atoms with E-state index in [-0.39, 0.29) is 36.1 Å². The van der Waals surface area contributed by atoms with E-state index in [4.69, 9.17) is 11.3 Å². The molecule has 0 unspecified atom stereocenters. The lowest BCUT2D eigenvalue weighted by Crippen LogP contribution is -2.49. The Labute approximate surface area is 202 Å². The first-order valence-electron chi connectivity index (χ1n) is 11.8. The molecule has 2 rings (SSSR count). The molecule has 34 heavy (non-hydrogen) atoms. The molecule has 1 aliphatic rings. The van der Waals surface area contributed by atoms with Crippen molar-refractivity contribution in [3.05, 3.63) is 58.6 Å². The van der Waals surface area contributed by atoms with Gasteiger partial charge in [0.25, 0.3) is 5.91 Å². The number of hydrogen-bond acceptors (Lipinski definition) is 5. The second kappa shape index (κ2) is 12.6. The molecule has 2 amide bonds. The highest BCUT2D eigenvalue weighted by molar-refractivity contribution is 6.43. The molecule has 8 nitrogen and oxygen atoms in total. The molecule has 1 heterocycles. The van der Waals surface area contributed by atoms with Gasteiger partial charge in [-0.2, -0.15) is 0 Å². The maximum atomic E-state index is 13.1. The lowest BCUT2D eigenvalue weighted by Gasteiger charge is -2.30. The molecule has 1 fully saturated rings. The average Bonchev–Trinajstić information content (AvgIpc) is 3.01. The van der Waals surface area contributed by atoms with Crippen LogP contribution in [0.1, 0.15) is 57.6 Å². The van der Waals surface area contributed by atoms with Crippen molar-refractivity contribution in [2.45, 2.75) is 71.8 Å². The standard InChI is InChI=1S/C25H36BN3O5/c1-18-10-12-19(13-11-18)15-22(26(32)33)28-24(31)34-17-20-9-7-6-8-14-29(20)23(30)21(27-5)16-25(2,3)4/h10-13,16,20,22,32-33H,6-9,14-15,17H2,1-4H3,(H,28,31)/t20-,22-/m0/s1. The van der Waals surface area contributed by atoms with Crippen LogP contribution >= 0.6 is 0 Å². The summed E-state index contributed by atoms with van der Waals surface area (Å²) < 4.78 is 5.41. The zero-order chi connectivity index (χ0) is 25.3. The molecule has 0 aromatic heterocycles. The third-order valence-electron chi connectivity index (χ3n) is 5.69. The van der Waals surface area contributed by atoms with Crippen LogP contribution in [0.15, 0.2) is 36.0 Å². The van der Waals surface area contributed by atoms with Crippen LogP contribution in [0.25, 0.3) is 4.85 Å². The van der Waals surface area contributed by atoms with Crippen LogP contribution in [-0.4, -0.2) is 59.2 Å². The van der Waals surface area contributed by atoms with Crippen LogP contribution in [0.3, 0.4) is 0 Å². The summed E-state index contributed by atoms with van der Waals surface area (Å²) in [5, 5.41) is 22.0. The van der Waals surface area contributed by atoms with Crippen LogP contribution in [0.4, 0.5) is 4.79 Å². The second-order valence-electron chi connectivity index (χ2n) is 9.96. The zero-order valence-corrected chi connectivity index (χ0v) is 20.6. The number of aryl methyl sites for hydroxylation is 1. The third kappa shape index (κ3) is 8.84. The van der Waals surface area contributed by atoms with Crippen LogP contribution < -0.4 is 5.32 Å². The number of carbonyl (C=O) groups is 2. The summed E-state index contributed by atoms with van der Waals surface area (Å²) in [5.41, 5.74) is 1.69. The van der Waals surface area contributed by atoms with Crippen molar-refractivity contribution in [2.75, 3.05) is 13.2 Å². The fraction of sp³-hybridized carbons (Fsp3) is 0.560. The summed E-state index contributed by atoms with van der Waals surface area (Å²) >= 11 is 0. The predicted molar refractivity (Wildman–Crippen MR) is 131 cm³/mol. The largest absolute Gasteiger partial charge is 0.475 e. The lowest BCUT2D eigenvalue weighted by atomic mass is 9.76. The summed E-state index contributed by atoms with van der Waals surface area (Å²) in [6.45, 7) is 15.7. The van der Waals surface area contributed by atoms with Crippen molar-refractivity contribution in [3.8, 4) is 0 Å². The number of ether oxygens (including phenoxy) is 1. The molecular formula is C25H36BN3O5. The van der Waals surface area contributed by atoms with Gasteiger partial charge in [-0.3, -0.25) is 4.79 Å². The van der Waals surface area contributed by atoms with Crippen molar-refractivity contribution in [1.29, 1.82) is 0 Å². The molecule has 2 atom stereocenters. The number of hydrogen-bond donors (Lipinski definition) is 3. The Bertz CT molecular complexity index is 903. The maximum absolute atomic E-state index is 13.1. The van der Waals surface area contributed by atoms with Crippen LogP contribution in [0, 0.1) is 18.9 Å². The summed E-state index contributed by atoms with van der Waals surface area (Å²) in [6, 6.07) is 7.22. The second-order valence-corrected chi connectivity index (χ2v) is 9.96. The van der Waals surface area contributed by atoms with Crippen molar-refractivity contribution < 1.29 is 24.4 Å². The molecule has 0 bridgehead atoms. The summed E-state index contributed by atoms with van der Waals surface area (Å²) in [6.07, 6.45) is 4.46. The quantitative estimate of drug-likeness (QED) is 0.323. The van der Waals surface area contributed by atoms with Gasteiger partial charge in [-0.15, -0.1) is 0 Å².